The van der Waals surface area contributed by atoms with E-state index in [2.05, 4.69) is 10.4 Å². The van der Waals surface area contributed by atoms with E-state index in [1.165, 1.54) is 19.3 Å². The predicted molar refractivity (Wildman–Crippen MR) is 82.6 cm³/mol. The van der Waals surface area contributed by atoms with Gasteiger partial charge in [-0.05, 0) is 31.4 Å². The number of nitrogens with zero attached hydrogens (tertiary/aromatic N) is 2. The van der Waals surface area contributed by atoms with Crippen molar-refractivity contribution in [3.8, 4) is 17.0 Å². The molecule has 1 heterocycles. The van der Waals surface area contributed by atoms with E-state index in [0.717, 1.165) is 22.8 Å². The number of aliphatic hydroxyl groups is 1. The van der Waals surface area contributed by atoms with Crippen LogP contribution in [0, 0.1) is 0 Å². The minimum Gasteiger partial charge on any atom is -0.497 e. The molecule has 1 fully saturated rings. The lowest BCUT2D eigenvalue weighted by Gasteiger charge is -2.27. The monoisotopic (exact) mass is 287 g/mol. The molecule has 0 atom stereocenters. The number of benzene rings is 1. The summed E-state index contributed by atoms with van der Waals surface area (Å²) < 4.78 is 7.10. The van der Waals surface area contributed by atoms with Crippen LogP contribution in [0.1, 0.15) is 19.3 Å². The lowest BCUT2D eigenvalue weighted by molar-refractivity contribution is 0.270. The molecular weight excluding hydrogens is 266 g/mol. The largest absolute Gasteiger partial charge is 0.497 e. The molecule has 0 aliphatic heterocycles. The van der Waals surface area contributed by atoms with Crippen LogP contribution in [0.5, 0.6) is 5.75 Å². The van der Waals surface area contributed by atoms with Gasteiger partial charge in [-0.15, -0.1) is 0 Å². The van der Waals surface area contributed by atoms with E-state index >= 15 is 0 Å². The molecule has 112 valence electrons. The average Bonchev–Trinajstić information content (AvgIpc) is 2.86. The van der Waals surface area contributed by atoms with Gasteiger partial charge < -0.3 is 15.2 Å². The normalized spacial score (nSPS) is 14.8. The molecule has 2 aromatic rings. The van der Waals surface area contributed by atoms with E-state index in [0.29, 0.717) is 12.6 Å². The topological polar surface area (TPSA) is 59.3 Å². The summed E-state index contributed by atoms with van der Waals surface area (Å²) in [7, 11) is 1.66. The van der Waals surface area contributed by atoms with Crippen LogP contribution in [-0.4, -0.2) is 34.6 Å². The Morgan fingerprint density at radius 3 is 2.90 bits per heavy atom. The van der Waals surface area contributed by atoms with Crippen LogP contribution in [0.2, 0.25) is 0 Å². The maximum absolute atomic E-state index is 9.20. The Kier molecular flexibility index (Phi) is 4.10. The van der Waals surface area contributed by atoms with E-state index in [-0.39, 0.29) is 6.61 Å². The summed E-state index contributed by atoms with van der Waals surface area (Å²) >= 11 is 0. The zero-order valence-electron chi connectivity index (χ0n) is 12.2. The molecule has 1 saturated carbocycles. The molecule has 0 unspecified atom stereocenters. The van der Waals surface area contributed by atoms with Gasteiger partial charge in [0, 0.05) is 17.7 Å². The first-order valence-electron chi connectivity index (χ1n) is 7.40. The van der Waals surface area contributed by atoms with E-state index < -0.39 is 0 Å². The maximum atomic E-state index is 9.20. The lowest BCUT2D eigenvalue weighted by atomic mass is 9.93. The van der Waals surface area contributed by atoms with Gasteiger partial charge in [0.2, 0.25) is 0 Å². The van der Waals surface area contributed by atoms with Gasteiger partial charge in [0.1, 0.15) is 11.6 Å². The highest BCUT2D eigenvalue weighted by molar-refractivity contribution is 5.64. The van der Waals surface area contributed by atoms with Crippen LogP contribution < -0.4 is 10.1 Å². The summed E-state index contributed by atoms with van der Waals surface area (Å²) in [5.74, 6) is 1.80. The number of anilines is 1. The van der Waals surface area contributed by atoms with E-state index in [1.807, 2.05) is 35.0 Å². The summed E-state index contributed by atoms with van der Waals surface area (Å²) in [6.45, 7) is 0.581. The van der Waals surface area contributed by atoms with Crippen molar-refractivity contribution in [2.24, 2.45) is 0 Å². The third-order valence-electron chi connectivity index (χ3n) is 3.91. The number of methoxy groups -OCH3 is 1. The highest BCUT2D eigenvalue weighted by atomic mass is 16.5. The fourth-order valence-corrected chi connectivity index (χ4v) is 2.48. The molecular formula is C16H21N3O2. The van der Waals surface area contributed by atoms with Crippen molar-refractivity contribution in [2.75, 3.05) is 19.0 Å². The molecule has 5 heteroatoms. The molecule has 0 amide bonds. The van der Waals surface area contributed by atoms with Gasteiger partial charge in [-0.2, -0.15) is 5.10 Å². The van der Waals surface area contributed by atoms with Crippen molar-refractivity contribution in [2.45, 2.75) is 31.8 Å². The summed E-state index contributed by atoms with van der Waals surface area (Å²) in [5, 5.41) is 17.3. The van der Waals surface area contributed by atoms with Crippen molar-refractivity contribution in [3.05, 3.63) is 30.3 Å². The second-order valence-electron chi connectivity index (χ2n) is 5.37. The third kappa shape index (κ3) is 3.03. The number of ether oxygens (including phenoxy) is 1. The molecule has 1 aromatic carbocycles. The maximum Gasteiger partial charge on any atom is 0.125 e. The summed E-state index contributed by atoms with van der Waals surface area (Å²) in [6.07, 6.45) is 3.70. The molecule has 5 nitrogen and oxygen atoms in total. The first-order chi connectivity index (χ1) is 10.3. The van der Waals surface area contributed by atoms with E-state index in [9.17, 15) is 5.11 Å². The molecule has 0 spiro atoms. The Morgan fingerprint density at radius 1 is 1.38 bits per heavy atom. The molecule has 0 bridgehead atoms. The number of aromatic nitrogens is 2. The average molecular weight is 287 g/mol. The lowest BCUT2D eigenvalue weighted by Crippen LogP contribution is -2.28. The minimum absolute atomic E-state index is 0.0819. The smallest absolute Gasteiger partial charge is 0.125 e. The van der Waals surface area contributed by atoms with Crippen LogP contribution in [0.25, 0.3) is 11.3 Å². The Morgan fingerprint density at radius 2 is 2.24 bits per heavy atom. The van der Waals surface area contributed by atoms with Gasteiger partial charge in [0.05, 0.1) is 26.0 Å². The molecule has 1 aromatic heterocycles. The Bertz CT molecular complexity index is 605. The van der Waals surface area contributed by atoms with Crippen LogP contribution in [0.4, 0.5) is 5.82 Å². The summed E-state index contributed by atoms with van der Waals surface area (Å²) in [4.78, 5) is 0. The van der Waals surface area contributed by atoms with Gasteiger partial charge in [-0.25, -0.2) is 4.68 Å². The number of aliphatic hydroxyl groups excluding tert-OH is 1. The first kappa shape index (κ1) is 13.9. The molecule has 0 radical (unpaired) electrons. The predicted octanol–water partition coefficient (Wildman–Crippen LogP) is 2.52. The van der Waals surface area contributed by atoms with Crippen molar-refractivity contribution in [3.63, 3.8) is 0 Å². The highest BCUT2D eigenvalue weighted by Gasteiger charge is 2.19. The van der Waals surface area contributed by atoms with Crippen LogP contribution in [0.3, 0.4) is 0 Å². The third-order valence-corrected chi connectivity index (χ3v) is 3.91. The fourth-order valence-electron chi connectivity index (χ4n) is 2.48. The van der Waals surface area contributed by atoms with Gasteiger partial charge in [-0.1, -0.05) is 12.1 Å². The van der Waals surface area contributed by atoms with Crippen LogP contribution in [-0.2, 0) is 6.54 Å². The summed E-state index contributed by atoms with van der Waals surface area (Å²) in [6, 6.07) is 10.4. The van der Waals surface area contributed by atoms with Gasteiger partial charge in [-0.3, -0.25) is 0 Å². The Hall–Kier alpha value is -2.01. The second kappa shape index (κ2) is 6.18. The standard InChI is InChI=1S/C16H21N3O2/c1-21-14-7-2-4-12(10-14)15-11-16(17-13-5-3-6-13)19(18-15)8-9-20/h2,4,7,10-11,13,17,20H,3,5-6,8-9H2,1H3. The van der Waals surface area contributed by atoms with Crippen molar-refractivity contribution < 1.29 is 9.84 Å². The van der Waals surface area contributed by atoms with E-state index in [4.69, 9.17) is 4.74 Å². The Balaban J connectivity index is 1.88. The number of hydrogen-bond acceptors (Lipinski definition) is 4. The van der Waals surface area contributed by atoms with Crippen LogP contribution in [0.15, 0.2) is 30.3 Å². The molecule has 1 aliphatic rings. The SMILES string of the molecule is COc1cccc(-c2cc(NC3CCC3)n(CCO)n2)c1. The van der Waals surface area contributed by atoms with Gasteiger partial charge in [0.15, 0.2) is 0 Å². The number of nitrogens with one attached hydrogen (secondary N) is 1. The van der Waals surface area contributed by atoms with Crippen molar-refractivity contribution in [1.29, 1.82) is 0 Å². The van der Waals surface area contributed by atoms with Crippen molar-refractivity contribution >= 4 is 5.82 Å². The first-order valence-corrected chi connectivity index (χ1v) is 7.40. The highest BCUT2D eigenvalue weighted by Crippen LogP contribution is 2.28. The minimum atomic E-state index is 0.0819. The molecule has 0 saturated heterocycles. The van der Waals surface area contributed by atoms with Crippen LogP contribution >= 0.6 is 0 Å². The number of rotatable bonds is 6. The fraction of sp³-hybridized carbons (Fsp3) is 0.438. The number of hydrogen-bond donors (Lipinski definition) is 2. The molecule has 1 aliphatic carbocycles. The second-order valence-corrected chi connectivity index (χ2v) is 5.37. The molecule has 2 N–H and O–H groups in total. The van der Waals surface area contributed by atoms with Gasteiger partial charge in [0.25, 0.3) is 0 Å². The Labute approximate surface area is 124 Å². The van der Waals surface area contributed by atoms with E-state index in [1.54, 1.807) is 7.11 Å². The molecule has 21 heavy (non-hydrogen) atoms. The zero-order chi connectivity index (χ0) is 14.7. The summed E-state index contributed by atoms with van der Waals surface area (Å²) in [5.41, 5.74) is 1.91. The van der Waals surface area contributed by atoms with Gasteiger partial charge >= 0.3 is 0 Å². The quantitative estimate of drug-likeness (QED) is 0.857. The zero-order valence-corrected chi connectivity index (χ0v) is 12.2. The molecule has 3 rings (SSSR count). The van der Waals surface area contributed by atoms with Crippen molar-refractivity contribution in [1.82, 2.24) is 9.78 Å².